The molecule has 0 fully saturated rings. The van der Waals surface area contributed by atoms with Crippen molar-refractivity contribution in [3.63, 3.8) is 0 Å². The van der Waals surface area contributed by atoms with Crippen molar-refractivity contribution in [1.82, 2.24) is 0 Å². The molecule has 0 aromatic heterocycles. The predicted octanol–water partition coefficient (Wildman–Crippen LogP) is 3.65. The number of carbonyl (C=O) groups excluding carboxylic acids is 2. The molecule has 4 nitrogen and oxygen atoms in total. The molecule has 2 aromatic rings. The lowest BCUT2D eigenvalue weighted by atomic mass is 10.2. The molecule has 118 valence electrons. The standard InChI is InChI=1S/C19H18O4/c1-15(14-23-19(21)17-10-6-3-7-11-17)12-13-22-18(20)16-8-4-2-5-9-16/h2-12H,13-14H2,1H3. The lowest BCUT2D eigenvalue weighted by Gasteiger charge is -2.06. The number of carbonyl (C=O) groups is 2. The maximum absolute atomic E-state index is 11.8. The molecule has 0 unspecified atom stereocenters. The normalized spacial score (nSPS) is 10.9. The molecule has 0 saturated heterocycles. The number of benzene rings is 2. The molecule has 0 aliphatic rings. The highest BCUT2D eigenvalue weighted by molar-refractivity contribution is 5.89. The van der Waals surface area contributed by atoms with E-state index < -0.39 is 0 Å². The van der Waals surface area contributed by atoms with Gasteiger partial charge < -0.3 is 9.47 Å². The summed E-state index contributed by atoms with van der Waals surface area (Å²) in [7, 11) is 0. The highest BCUT2D eigenvalue weighted by Gasteiger charge is 2.07. The van der Waals surface area contributed by atoms with Crippen LogP contribution in [0.15, 0.2) is 72.3 Å². The maximum Gasteiger partial charge on any atom is 0.338 e. The van der Waals surface area contributed by atoms with E-state index in [9.17, 15) is 9.59 Å². The first-order chi connectivity index (χ1) is 11.2. The first-order valence-corrected chi connectivity index (χ1v) is 7.27. The summed E-state index contributed by atoms with van der Waals surface area (Å²) in [5.74, 6) is -0.754. The topological polar surface area (TPSA) is 52.6 Å². The number of hydrogen-bond acceptors (Lipinski definition) is 4. The minimum atomic E-state index is -0.379. The molecular weight excluding hydrogens is 292 g/mol. The minimum absolute atomic E-state index is 0.141. The molecule has 4 heteroatoms. The van der Waals surface area contributed by atoms with E-state index in [0.717, 1.165) is 5.57 Å². The van der Waals surface area contributed by atoms with E-state index in [1.807, 2.05) is 19.1 Å². The predicted molar refractivity (Wildman–Crippen MR) is 87.2 cm³/mol. The summed E-state index contributed by atoms with van der Waals surface area (Å²) in [4.78, 5) is 23.5. The monoisotopic (exact) mass is 310 g/mol. The third-order valence-corrected chi connectivity index (χ3v) is 3.10. The molecule has 0 radical (unpaired) electrons. The Labute approximate surface area is 135 Å². The Kier molecular flexibility index (Phi) is 6.12. The van der Waals surface area contributed by atoms with E-state index in [1.165, 1.54) is 0 Å². The zero-order valence-corrected chi connectivity index (χ0v) is 12.9. The van der Waals surface area contributed by atoms with Gasteiger partial charge in [0.15, 0.2) is 0 Å². The summed E-state index contributed by atoms with van der Waals surface area (Å²) in [6.45, 7) is 2.12. The molecular formula is C19H18O4. The number of hydrogen-bond donors (Lipinski definition) is 0. The second-order valence-corrected chi connectivity index (χ2v) is 4.96. The third-order valence-electron chi connectivity index (χ3n) is 3.10. The van der Waals surface area contributed by atoms with Crippen molar-refractivity contribution in [3.8, 4) is 0 Å². The molecule has 2 aromatic carbocycles. The van der Waals surface area contributed by atoms with Crippen LogP contribution in [-0.2, 0) is 9.47 Å². The van der Waals surface area contributed by atoms with Gasteiger partial charge in [-0.25, -0.2) is 9.59 Å². The van der Waals surface area contributed by atoms with Crippen molar-refractivity contribution < 1.29 is 19.1 Å². The maximum atomic E-state index is 11.8. The van der Waals surface area contributed by atoms with E-state index in [-0.39, 0.29) is 25.2 Å². The Balaban J connectivity index is 1.75. The van der Waals surface area contributed by atoms with Gasteiger partial charge in [-0.05, 0) is 42.8 Å². The van der Waals surface area contributed by atoms with Crippen LogP contribution < -0.4 is 0 Å². The average molecular weight is 310 g/mol. The van der Waals surface area contributed by atoms with Gasteiger partial charge in [0.2, 0.25) is 0 Å². The second kappa shape index (κ2) is 8.54. The fourth-order valence-corrected chi connectivity index (χ4v) is 1.81. The van der Waals surface area contributed by atoms with Crippen LogP contribution >= 0.6 is 0 Å². The van der Waals surface area contributed by atoms with Gasteiger partial charge in [-0.1, -0.05) is 36.4 Å². The molecule has 0 bridgehead atoms. The van der Waals surface area contributed by atoms with Crippen LogP contribution in [0.5, 0.6) is 0 Å². The summed E-state index contributed by atoms with van der Waals surface area (Å²) in [5, 5.41) is 0. The third kappa shape index (κ3) is 5.43. The van der Waals surface area contributed by atoms with Crippen molar-refractivity contribution in [2.75, 3.05) is 13.2 Å². The van der Waals surface area contributed by atoms with Gasteiger partial charge >= 0.3 is 11.9 Å². The van der Waals surface area contributed by atoms with Crippen LogP contribution in [0.1, 0.15) is 27.6 Å². The fraction of sp³-hybridized carbons (Fsp3) is 0.158. The Hall–Kier alpha value is -2.88. The van der Waals surface area contributed by atoms with E-state index in [4.69, 9.17) is 9.47 Å². The van der Waals surface area contributed by atoms with Crippen LogP contribution in [0.3, 0.4) is 0 Å². The van der Waals surface area contributed by atoms with Gasteiger partial charge in [-0.15, -0.1) is 0 Å². The molecule has 0 heterocycles. The Morgan fingerprint density at radius 3 is 1.83 bits per heavy atom. The first-order valence-electron chi connectivity index (χ1n) is 7.27. The first kappa shape index (κ1) is 16.5. The van der Waals surface area contributed by atoms with Gasteiger partial charge in [-0.2, -0.15) is 0 Å². The number of ether oxygens (including phenoxy) is 2. The van der Waals surface area contributed by atoms with Crippen LogP contribution in [-0.4, -0.2) is 25.2 Å². The number of esters is 2. The largest absolute Gasteiger partial charge is 0.458 e. The van der Waals surface area contributed by atoms with Gasteiger partial charge in [0.25, 0.3) is 0 Å². The smallest absolute Gasteiger partial charge is 0.338 e. The van der Waals surface area contributed by atoms with Gasteiger partial charge in [0.05, 0.1) is 11.1 Å². The molecule has 0 N–H and O–H groups in total. The summed E-state index contributed by atoms with van der Waals surface area (Å²) < 4.78 is 10.3. The molecule has 23 heavy (non-hydrogen) atoms. The Bertz CT molecular complexity index is 675. The van der Waals surface area contributed by atoms with Crippen molar-refractivity contribution in [2.45, 2.75) is 6.92 Å². The van der Waals surface area contributed by atoms with Gasteiger partial charge in [-0.3, -0.25) is 0 Å². The van der Waals surface area contributed by atoms with Gasteiger partial charge in [0, 0.05) is 0 Å². The lowest BCUT2D eigenvalue weighted by Crippen LogP contribution is -2.08. The van der Waals surface area contributed by atoms with Crippen LogP contribution in [0.25, 0.3) is 0 Å². The molecule has 2 rings (SSSR count). The summed E-state index contributed by atoms with van der Waals surface area (Å²) in [6.07, 6.45) is 1.72. The van der Waals surface area contributed by atoms with Crippen LogP contribution in [0.4, 0.5) is 0 Å². The molecule has 0 saturated carbocycles. The Morgan fingerprint density at radius 1 is 0.826 bits per heavy atom. The summed E-state index contributed by atoms with van der Waals surface area (Å²) in [5.41, 5.74) is 1.83. The highest BCUT2D eigenvalue weighted by atomic mass is 16.5. The zero-order chi connectivity index (χ0) is 16.5. The van der Waals surface area contributed by atoms with E-state index >= 15 is 0 Å². The minimum Gasteiger partial charge on any atom is -0.458 e. The fourth-order valence-electron chi connectivity index (χ4n) is 1.81. The van der Waals surface area contributed by atoms with Crippen molar-refractivity contribution >= 4 is 11.9 Å². The number of rotatable bonds is 6. The highest BCUT2D eigenvalue weighted by Crippen LogP contribution is 2.04. The van der Waals surface area contributed by atoms with Crippen LogP contribution in [0.2, 0.25) is 0 Å². The second-order valence-electron chi connectivity index (χ2n) is 4.96. The molecule has 0 aliphatic carbocycles. The summed E-state index contributed by atoms with van der Waals surface area (Å²) in [6, 6.07) is 17.6. The van der Waals surface area contributed by atoms with Crippen LogP contribution in [0, 0.1) is 0 Å². The van der Waals surface area contributed by atoms with Crippen molar-refractivity contribution in [2.24, 2.45) is 0 Å². The van der Waals surface area contributed by atoms with E-state index in [2.05, 4.69) is 0 Å². The van der Waals surface area contributed by atoms with Crippen molar-refractivity contribution in [1.29, 1.82) is 0 Å². The zero-order valence-electron chi connectivity index (χ0n) is 12.9. The van der Waals surface area contributed by atoms with Gasteiger partial charge in [0.1, 0.15) is 13.2 Å². The lowest BCUT2D eigenvalue weighted by molar-refractivity contribution is 0.0519. The van der Waals surface area contributed by atoms with Crippen molar-refractivity contribution in [3.05, 3.63) is 83.4 Å². The quantitative estimate of drug-likeness (QED) is 0.604. The van der Waals surface area contributed by atoms with E-state index in [0.29, 0.717) is 11.1 Å². The molecule has 0 amide bonds. The SMILES string of the molecule is CC(=CCOC(=O)c1ccccc1)COC(=O)c1ccccc1. The molecule has 0 atom stereocenters. The Morgan fingerprint density at radius 2 is 1.30 bits per heavy atom. The summed E-state index contributed by atoms with van der Waals surface area (Å²) >= 11 is 0. The van der Waals surface area contributed by atoms with E-state index in [1.54, 1.807) is 54.6 Å². The average Bonchev–Trinajstić information content (AvgIpc) is 2.61. The molecule has 0 spiro atoms. The molecule has 0 aliphatic heterocycles.